The molecule has 0 radical (unpaired) electrons. The minimum Gasteiger partial charge on any atom is -0.483 e. The molecule has 256 valence electrons. The number of amides is 1. The fourth-order valence-corrected chi connectivity index (χ4v) is 8.83. The molecule has 11 heteroatoms. The summed E-state index contributed by atoms with van der Waals surface area (Å²) in [5.41, 5.74) is -0.517. The topological polar surface area (TPSA) is 85.4 Å². The summed E-state index contributed by atoms with van der Waals surface area (Å²) in [6.45, 7) is 12.3. The standard InChI is InChI=1S/C37H41F3N2O6/c1-6-17-41-18-16-35-32-26-11-12-29(46-23(4)43)33(32)47-34(35)28(14-15-36(35,30(41)20-26)48-24(5)44)42(21-22(2)3)31(45)13-10-25-8-7-9-27(19-25)37(38,39)40/h6-13,19,22,28,30,34H,1,14-18,20-21H2,2-5H3/t28-,30-,34+,35+,36-/m1/s1. The van der Waals surface area contributed by atoms with Crippen LogP contribution in [0, 0.1) is 5.92 Å². The Kier molecular flexibility index (Phi) is 8.72. The Labute approximate surface area is 278 Å². The van der Waals surface area contributed by atoms with Crippen molar-refractivity contribution in [1.29, 1.82) is 0 Å². The number of alkyl halides is 3. The van der Waals surface area contributed by atoms with Gasteiger partial charge in [0.2, 0.25) is 5.91 Å². The van der Waals surface area contributed by atoms with Crippen LogP contribution in [0.2, 0.25) is 0 Å². The lowest BCUT2D eigenvalue weighted by molar-refractivity contribution is -0.223. The van der Waals surface area contributed by atoms with Crippen LogP contribution >= 0.6 is 0 Å². The van der Waals surface area contributed by atoms with Gasteiger partial charge in [0.1, 0.15) is 11.7 Å². The molecule has 2 aromatic carbocycles. The molecular formula is C37H41F3N2O6. The van der Waals surface area contributed by atoms with Crippen molar-refractivity contribution in [3.05, 3.63) is 77.4 Å². The zero-order chi connectivity index (χ0) is 34.6. The monoisotopic (exact) mass is 666 g/mol. The fourth-order valence-electron chi connectivity index (χ4n) is 8.83. The molecule has 2 aliphatic carbocycles. The molecule has 1 saturated carbocycles. The Morgan fingerprint density at radius 3 is 2.58 bits per heavy atom. The van der Waals surface area contributed by atoms with Gasteiger partial charge in [0.05, 0.1) is 23.1 Å². The molecule has 4 aliphatic rings. The molecule has 6 rings (SSSR count). The van der Waals surface area contributed by atoms with Gasteiger partial charge in [-0.2, -0.15) is 13.2 Å². The first-order valence-electron chi connectivity index (χ1n) is 16.4. The van der Waals surface area contributed by atoms with E-state index in [1.54, 1.807) is 11.0 Å². The predicted octanol–water partition coefficient (Wildman–Crippen LogP) is 6.11. The zero-order valence-corrected chi connectivity index (χ0v) is 27.6. The van der Waals surface area contributed by atoms with Crippen molar-refractivity contribution in [2.75, 3.05) is 19.6 Å². The van der Waals surface area contributed by atoms with Gasteiger partial charge in [0, 0.05) is 45.1 Å². The predicted molar refractivity (Wildman–Crippen MR) is 172 cm³/mol. The van der Waals surface area contributed by atoms with Crippen LogP contribution in [0.25, 0.3) is 6.08 Å². The van der Waals surface area contributed by atoms with Gasteiger partial charge in [-0.1, -0.05) is 38.1 Å². The van der Waals surface area contributed by atoms with Crippen LogP contribution in [-0.4, -0.2) is 71.1 Å². The Bertz CT molecular complexity index is 1670. The van der Waals surface area contributed by atoms with E-state index in [0.717, 1.165) is 23.3 Å². The average Bonchev–Trinajstić information content (AvgIpc) is 3.36. The van der Waals surface area contributed by atoms with E-state index in [9.17, 15) is 27.6 Å². The molecule has 0 aromatic heterocycles. The molecule has 1 spiro atoms. The minimum absolute atomic E-state index is 0.0538. The quantitative estimate of drug-likeness (QED) is 0.138. The van der Waals surface area contributed by atoms with E-state index >= 15 is 0 Å². The maximum atomic E-state index is 14.1. The second-order valence-electron chi connectivity index (χ2n) is 13.7. The lowest BCUT2D eigenvalue weighted by atomic mass is 9.48. The van der Waals surface area contributed by atoms with Gasteiger partial charge in [-0.05, 0) is 67.0 Å². The summed E-state index contributed by atoms with van der Waals surface area (Å²) in [6, 6.07) is 7.85. The number of nitrogens with zero attached hydrogens (tertiary/aromatic N) is 2. The molecule has 5 atom stereocenters. The summed E-state index contributed by atoms with van der Waals surface area (Å²) in [6.07, 6.45) is 1.43. The van der Waals surface area contributed by atoms with E-state index in [1.165, 1.54) is 38.1 Å². The van der Waals surface area contributed by atoms with Crippen molar-refractivity contribution < 1.29 is 41.8 Å². The zero-order valence-electron chi connectivity index (χ0n) is 27.6. The van der Waals surface area contributed by atoms with Crippen molar-refractivity contribution in [1.82, 2.24) is 9.80 Å². The summed E-state index contributed by atoms with van der Waals surface area (Å²) < 4.78 is 59.2. The SMILES string of the molecule is C=CCN1CC[C@]23c4c5ccc(OC(C)=O)c4O[C@H]2[C@H](N(CC(C)C)C(=O)C=Cc2cccc(C(F)(F)F)c2)CC[C@@]3(OC(C)=O)[C@H]1C5. The lowest BCUT2D eigenvalue weighted by Gasteiger charge is -2.65. The first-order valence-corrected chi connectivity index (χ1v) is 16.4. The molecule has 2 bridgehead atoms. The van der Waals surface area contributed by atoms with Crippen molar-refractivity contribution in [2.45, 2.75) is 88.8 Å². The highest BCUT2D eigenvalue weighted by atomic mass is 19.4. The number of carbonyl (C=O) groups excluding carboxylic acids is 3. The van der Waals surface area contributed by atoms with Gasteiger partial charge in [0.25, 0.3) is 0 Å². The Balaban J connectivity index is 1.47. The molecule has 8 nitrogen and oxygen atoms in total. The van der Waals surface area contributed by atoms with Crippen LogP contribution in [0.5, 0.6) is 11.5 Å². The van der Waals surface area contributed by atoms with Crippen LogP contribution in [0.1, 0.15) is 69.2 Å². The summed E-state index contributed by atoms with van der Waals surface area (Å²) in [7, 11) is 0. The average molecular weight is 667 g/mol. The maximum Gasteiger partial charge on any atom is 0.416 e. The molecule has 1 saturated heterocycles. The van der Waals surface area contributed by atoms with Crippen LogP contribution < -0.4 is 9.47 Å². The van der Waals surface area contributed by atoms with Gasteiger partial charge in [-0.3, -0.25) is 19.3 Å². The second-order valence-corrected chi connectivity index (χ2v) is 13.7. The highest BCUT2D eigenvalue weighted by Gasteiger charge is 2.75. The number of benzene rings is 2. The second kappa shape index (κ2) is 12.4. The van der Waals surface area contributed by atoms with E-state index in [0.29, 0.717) is 51.1 Å². The van der Waals surface area contributed by atoms with E-state index in [1.807, 2.05) is 26.0 Å². The van der Waals surface area contributed by atoms with Gasteiger partial charge in [-0.25, -0.2) is 0 Å². The first-order chi connectivity index (χ1) is 22.7. The molecule has 2 fully saturated rings. The Morgan fingerprint density at radius 2 is 1.92 bits per heavy atom. The number of ether oxygens (including phenoxy) is 3. The normalized spacial score (nSPS) is 27.3. The first kappa shape index (κ1) is 33.8. The van der Waals surface area contributed by atoms with Crippen molar-refractivity contribution in [3.63, 3.8) is 0 Å². The Hall–Kier alpha value is -4.12. The van der Waals surface area contributed by atoms with Gasteiger partial charge >= 0.3 is 18.1 Å². The van der Waals surface area contributed by atoms with Crippen molar-refractivity contribution in [3.8, 4) is 11.5 Å². The summed E-state index contributed by atoms with van der Waals surface area (Å²) >= 11 is 0. The molecule has 0 unspecified atom stereocenters. The molecular weight excluding hydrogens is 625 g/mol. The van der Waals surface area contributed by atoms with E-state index in [4.69, 9.17) is 14.2 Å². The number of rotatable bonds is 9. The van der Waals surface area contributed by atoms with Crippen LogP contribution in [0.3, 0.4) is 0 Å². The van der Waals surface area contributed by atoms with Crippen LogP contribution in [0.4, 0.5) is 13.2 Å². The van der Waals surface area contributed by atoms with Crippen molar-refractivity contribution >= 4 is 23.9 Å². The number of hydrogen-bond donors (Lipinski definition) is 0. The third-order valence-electron chi connectivity index (χ3n) is 10.3. The number of hydrogen-bond acceptors (Lipinski definition) is 7. The third kappa shape index (κ3) is 5.49. The minimum atomic E-state index is -4.51. The highest BCUT2D eigenvalue weighted by molar-refractivity contribution is 5.92. The number of likely N-dealkylation sites (tertiary alicyclic amines) is 1. The highest BCUT2D eigenvalue weighted by Crippen LogP contribution is 2.67. The summed E-state index contributed by atoms with van der Waals surface area (Å²) in [5.74, 6) is -0.515. The van der Waals surface area contributed by atoms with E-state index in [2.05, 4.69) is 11.5 Å². The van der Waals surface area contributed by atoms with Gasteiger partial charge in [-0.15, -0.1) is 6.58 Å². The molecule has 2 aromatic rings. The van der Waals surface area contributed by atoms with Crippen molar-refractivity contribution in [2.24, 2.45) is 5.92 Å². The summed E-state index contributed by atoms with van der Waals surface area (Å²) in [4.78, 5) is 43.3. The molecule has 0 N–H and O–H groups in total. The Morgan fingerprint density at radius 1 is 1.15 bits per heavy atom. The smallest absolute Gasteiger partial charge is 0.416 e. The third-order valence-corrected chi connectivity index (χ3v) is 10.3. The molecule has 2 aliphatic heterocycles. The maximum absolute atomic E-state index is 14.1. The number of esters is 2. The summed E-state index contributed by atoms with van der Waals surface area (Å²) in [5, 5.41) is 0. The molecule has 1 amide bonds. The van der Waals surface area contributed by atoms with E-state index < -0.39 is 46.8 Å². The number of halogens is 3. The van der Waals surface area contributed by atoms with Crippen LogP contribution in [-0.2, 0) is 37.1 Å². The number of carbonyl (C=O) groups is 3. The molecule has 48 heavy (non-hydrogen) atoms. The lowest BCUT2D eigenvalue weighted by Crippen LogP contribution is -2.79. The largest absolute Gasteiger partial charge is 0.483 e. The van der Waals surface area contributed by atoms with E-state index in [-0.39, 0.29) is 29.2 Å². The van der Waals surface area contributed by atoms with Gasteiger partial charge in [0.15, 0.2) is 11.5 Å². The number of piperidine rings is 1. The molecule has 2 heterocycles. The van der Waals surface area contributed by atoms with Gasteiger partial charge < -0.3 is 19.1 Å². The van der Waals surface area contributed by atoms with Crippen LogP contribution in [0.15, 0.2) is 55.1 Å². The fraction of sp³-hybridized carbons (Fsp3) is 0.486.